The molecule has 0 aliphatic carbocycles. The maximum Gasteiger partial charge on any atom is 0.275 e. The number of carbonyl (C=O) groups excluding carboxylic acids is 1. The van der Waals surface area contributed by atoms with Crippen molar-refractivity contribution in [1.29, 1.82) is 0 Å². The van der Waals surface area contributed by atoms with Crippen molar-refractivity contribution in [3.8, 4) is 5.75 Å². The van der Waals surface area contributed by atoms with Crippen LogP contribution in [0.3, 0.4) is 0 Å². The Labute approximate surface area is 168 Å². The Morgan fingerprint density at radius 3 is 2.67 bits per heavy atom. The summed E-state index contributed by atoms with van der Waals surface area (Å²) in [7, 11) is -2.21. The first-order chi connectivity index (χ1) is 12.5. The molecule has 2 aromatic rings. The fourth-order valence-corrected chi connectivity index (χ4v) is 5.04. The summed E-state index contributed by atoms with van der Waals surface area (Å²) < 4.78 is 32.2. The second-order valence-corrected chi connectivity index (χ2v) is 8.61. The third kappa shape index (κ3) is 4.58. The van der Waals surface area contributed by atoms with Crippen LogP contribution in [-0.4, -0.2) is 43.8 Å². The van der Waals surface area contributed by atoms with Crippen LogP contribution < -0.4 is 15.8 Å². The number of hydrogen-bond acceptors (Lipinski definition) is 7. The van der Waals surface area contributed by atoms with Gasteiger partial charge in [0.1, 0.15) is 21.3 Å². The Morgan fingerprint density at radius 2 is 2.07 bits per heavy atom. The van der Waals surface area contributed by atoms with E-state index in [9.17, 15) is 13.2 Å². The van der Waals surface area contributed by atoms with E-state index < -0.39 is 15.9 Å². The number of rotatable bonds is 6. The van der Waals surface area contributed by atoms with E-state index >= 15 is 0 Å². The maximum atomic E-state index is 12.7. The number of benzene rings is 1. The molecule has 0 bridgehead atoms. The molecule has 1 fully saturated rings. The zero-order chi connectivity index (χ0) is 18.7. The van der Waals surface area contributed by atoms with Gasteiger partial charge in [0, 0.05) is 36.8 Å². The molecule has 3 rings (SSSR count). The lowest BCUT2D eigenvalue weighted by atomic mass is 10.3. The second-order valence-electron chi connectivity index (χ2n) is 5.76. The maximum absolute atomic E-state index is 12.7. The molecule has 0 unspecified atom stereocenters. The van der Waals surface area contributed by atoms with Gasteiger partial charge in [-0.25, -0.2) is 13.4 Å². The minimum absolute atomic E-state index is 0. The molecule has 0 saturated carbocycles. The van der Waals surface area contributed by atoms with Crippen molar-refractivity contribution < 1.29 is 17.9 Å². The Bertz CT molecular complexity index is 911. The van der Waals surface area contributed by atoms with Crippen molar-refractivity contribution >= 4 is 45.4 Å². The summed E-state index contributed by atoms with van der Waals surface area (Å²) in [6, 6.07) is 4.49. The monoisotopic (exact) mass is 432 g/mol. The van der Waals surface area contributed by atoms with Crippen LogP contribution in [0.4, 0.5) is 5.69 Å². The molecule has 1 aromatic carbocycles. The molecule has 8 nitrogen and oxygen atoms in total. The number of sulfonamides is 1. The first-order valence-electron chi connectivity index (χ1n) is 8.09. The fraction of sp³-hybridized carbons (Fsp3) is 0.375. The molecule has 3 N–H and O–H groups in total. The summed E-state index contributed by atoms with van der Waals surface area (Å²) >= 11 is 1.31. The van der Waals surface area contributed by atoms with Crippen molar-refractivity contribution in [2.45, 2.75) is 24.3 Å². The fourth-order valence-electron chi connectivity index (χ4n) is 2.73. The average molecular weight is 433 g/mol. The third-order valence-corrected chi connectivity index (χ3v) is 6.87. The topological polar surface area (TPSA) is 115 Å². The standard InChI is InChI=1S/C16H20N4O4S2.ClH/c1-24-13-8-11(18-16(21)12-10-25-15(9-17)19-12)4-5-14(13)26(22,23)20-6-2-3-7-20;/h4-5,8,10H,2-3,6-7,9,17H2,1H3,(H,18,21);1H. The Morgan fingerprint density at radius 1 is 1.37 bits per heavy atom. The van der Waals surface area contributed by atoms with Gasteiger partial charge in [-0.2, -0.15) is 4.31 Å². The van der Waals surface area contributed by atoms with Gasteiger partial charge in [0.25, 0.3) is 5.91 Å². The van der Waals surface area contributed by atoms with Crippen molar-refractivity contribution in [3.05, 3.63) is 34.3 Å². The zero-order valence-corrected chi connectivity index (χ0v) is 17.1. The normalized spacial score (nSPS) is 14.6. The number of aromatic nitrogens is 1. The van der Waals surface area contributed by atoms with Gasteiger partial charge in [0.15, 0.2) is 0 Å². The minimum Gasteiger partial charge on any atom is -0.495 e. The highest BCUT2D eigenvalue weighted by Gasteiger charge is 2.30. The summed E-state index contributed by atoms with van der Waals surface area (Å²) in [6.07, 6.45) is 1.71. The molecule has 0 radical (unpaired) electrons. The van der Waals surface area contributed by atoms with E-state index in [0.717, 1.165) is 12.8 Å². The number of halogens is 1. The third-order valence-electron chi connectivity index (χ3n) is 4.06. The molecule has 1 saturated heterocycles. The van der Waals surface area contributed by atoms with Crippen LogP contribution in [0.5, 0.6) is 5.75 Å². The van der Waals surface area contributed by atoms with E-state index in [2.05, 4.69) is 10.3 Å². The molecule has 0 spiro atoms. The zero-order valence-electron chi connectivity index (χ0n) is 14.7. The highest BCUT2D eigenvalue weighted by molar-refractivity contribution is 7.89. The van der Waals surface area contributed by atoms with Crippen LogP contribution in [0.1, 0.15) is 28.3 Å². The predicted molar refractivity (Wildman–Crippen MR) is 106 cm³/mol. The molecular weight excluding hydrogens is 412 g/mol. The molecule has 0 atom stereocenters. The van der Waals surface area contributed by atoms with Crippen LogP contribution >= 0.6 is 23.7 Å². The number of nitrogens with zero attached hydrogens (tertiary/aromatic N) is 2. The molecule has 1 amide bonds. The molecular formula is C16H21ClN4O4S2. The van der Waals surface area contributed by atoms with Crippen molar-refractivity contribution in [3.63, 3.8) is 0 Å². The number of nitrogens with one attached hydrogen (secondary N) is 1. The summed E-state index contributed by atoms with van der Waals surface area (Å²) in [5.74, 6) is -0.200. The largest absolute Gasteiger partial charge is 0.495 e. The number of amides is 1. The lowest BCUT2D eigenvalue weighted by molar-refractivity contribution is 0.102. The van der Waals surface area contributed by atoms with Gasteiger partial charge >= 0.3 is 0 Å². The van der Waals surface area contributed by atoms with Gasteiger partial charge < -0.3 is 15.8 Å². The SMILES string of the molecule is COc1cc(NC(=O)c2csc(CN)n2)ccc1S(=O)(=O)N1CCCC1.Cl. The number of nitrogens with two attached hydrogens (primary N) is 1. The average Bonchev–Trinajstić information content (AvgIpc) is 3.33. The molecule has 148 valence electrons. The highest BCUT2D eigenvalue weighted by Crippen LogP contribution is 2.31. The Balaban J connectivity index is 0.00000261. The van der Waals surface area contributed by atoms with Crippen molar-refractivity contribution in [2.24, 2.45) is 5.73 Å². The van der Waals surface area contributed by atoms with Crippen LogP contribution in [0, 0.1) is 0 Å². The van der Waals surface area contributed by atoms with Crippen LogP contribution in [-0.2, 0) is 16.6 Å². The van der Waals surface area contributed by atoms with Gasteiger partial charge in [0.05, 0.1) is 7.11 Å². The summed E-state index contributed by atoms with van der Waals surface area (Å²) in [6.45, 7) is 1.30. The number of carbonyl (C=O) groups is 1. The molecule has 1 aliphatic rings. The van der Waals surface area contributed by atoms with Gasteiger partial charge in [0.2, 0.25) is 10.0 Å². The van der Waals surface area contributed by atoms with Crippen molar-refractivity contribution in [2.75, 3.05) is 25.5 Å². The van der Waals surface area contributed by atoms with E-state index in [1.807, 2.05) is 0 Å². The lowest BCUT2D eigenvalue weighted by Crippen LogP contribution is -2.28. The second kappa shape index (κ2) is 8.98. The number of anilines is 1. The number of methoxy groups -OCH3 is 1. The van der Waals surface area contributed by atoms with Gasteiger partial charge in [-0.3, -0.25) is 4.79 Å². The first kappa shape index (κ1) is 21.6. The summed E-state index contributed by atoms with van der Waals surface area (Å²) in [5, 5.41) is 4.99. The van der Waals surface area contributed by atoms with Crippen LogP contribution in [0.25, 0.3) is 0 Å². The molecule has 2 heterocycles. The van der Waals surface area contributed by atoms with Crippen molar-refractivity contribution in [1.82, 2.24) is 9.29 Å². The minimum atomic E-state index is -3.61. The number of ether oxygens (including phenoxy) is 1. The molecule has 1 aromatic heterocycles. The number of hydrogen-bond donors (Lipinski definition) is 2. The molecule has 1 aliphatic heterocycles. The van der Waals surface area contributed by atoms with E-state index in [-0.39, 0.29) is 35.3 Å². The van der Waals surface area contributed by atoms with Gasteiger partial charge in [-0.1, -0.05) is 0 Å². The Kier molecular flexibility index (Phi) is 7.18. The van der Waals surface area contributed by atoms with Gasteiger partial charge in [-0.05, 0) is 25.0 Å². The Hall–Kier alpha value is -1.72. The molecule has 27 heavy (non-hydrogen) atoms. The summed E-state index contributed by atoms with van der Waals surface area (Å²) in [5.41, 5.74) is 6.19. The smallest absolute Gasteiger partial charge is 0.275 e. The van der Waals surface area contributed by atoms with E-state index in [4.69, 9.17) is 10.5 Å². The molecule has 11 heteroatoms. The predicted octanol–water partition coefficient (Wildman–Crippen LogP) is 2.07. The lowest BCUT2D eigenvalue weighted by Gasteiger charge is -2.18. The van der Waals surface area contributed by atoms with Crippen LogP contribution in [0.15, 0.2) is 28.5 Å². The van der Waals surface area contributed by atoms with E-state index in [1.165, 1.54) is 34.9 Å². The number of thiazole rings is 1. The van der Waals surface area contributed by atoms with Gasteiger partial charge in [-0.15, -0.1) is 23.7 Å². The van der Waals surface area contributed by atoms with Crippen LogP contribution in [0.2, 0.25) is 0 Å². The summed E-state index contributed by atoms with van der Waals surface area (Å²) in [4.78, 5) is 16.5. The quantitative estimate of drug-likeness (QED) is 0.722. The highest BCUT2D eigenvalue weighted by atomic mass is 35.5. The first-order valence-corrected chi connectivity index (χ1v) is 10.4. The van der Waals surface area contributed by atoms with E-state index in [1.54, 1.807) is 11.4 Å². The van der Waals surface area contributed by atoms with E-state index in [0.29, 0.717) is 23.8 Å².